The summed E-state index contributed by atoms with van der Waals surface area (Å²) in [6, 6.07) is 0. The van der Waals surface area contributed by atoms with Gasteiger partial charge in [-0.25, -0.2) is 0 Å². The van der Waals surface area contributed by atoms with Gasteiger partial charge in [-0.3, -0.25) is 0 Å². The summed E-state index contributed by atoms with van der Waals surface area (Å²) in [6.45, 7) is 6.71. The molecule has 4 heteroatoms. The first-order chi connectivity index (χ1) is 5.79. The number of allylic oxidation sites excluding steroid dienone is 4. The standard InChI is InChI=1S/C9H12F3N/c1-6(2)7(3)4-8(5-13)9(10,11)12/h4-5H,1,13H2,2-3H3/b7-4-,8-5+. The number of alkyl halides is 3. The van der Waals surface area contributed by atoms with Gasteiger partial charge in [-0.05, 0) is 25.5 Å². The normalized spacial score (nSPS) is 14.5. The monoisotopic (exact) mass is 191 g/mol. The summed E-state index contributed by atoms with van der Waals surface area (Å²) in [4.78, 5) is 0. The van der Waals surface area contributed by atoms with Crippen LogP contribution in [0.25, 0.3) is 0 Å². The van der Waals surface area contributed by atoms with Crippen LogP contribution >= 0.6 is 0 Å². The molecule has 0 aliphatic heterocycles. The number of rotatable bonds is 2. The summed E-state index contributed by atoms with van der Waals surface area (Å²) in [7, 11) is 0. The molecule has 0 saturated carbocycles. The lowest BCUT2D eigenvalue weighted by Crippen LogP contribution is -2.12. The maximum Gasteiger partial charge on any atom is 0.417 e. The fourth-order valence-electron chi connectivity index (χ4n) is 0.581. The van der Waals surface area contributed by atoms with Crippen LogP contribution in [0.3, 0.4) is 0 Å². The summed E-state index contributed by atoms with van der Waals surface area (Å²) in [5.74, 6) is 0. The molecule has 0 saturated heterocycles. The summed E-state index contributed by atoms with van der Waals surface area (Å²) in [5.41, 5.74) is 5.05. The predicted octanol–water partition coefficient (Wildman–Crippen LogP) is 2.91. The average molecular weight is 191 g/mol. The highest BCUT2D eigenvalue weighted by Gasteiger charge is 2.31. The van der Waals surface area contributed by atoms with Gasteiger partial charge in [-0.2, -0.15) is 13.2 Å². The zero-order valence-electron chi connectivity index (χ0n) is 7.57. The van der Waals surface area contributed by atoms with Crippen molar-refractivity contribution < 1.29 is 13.2 Å². The van der Waals surface area contributed by atoms with Crippen molar-refractivity contribution in [3.8, 4) is 0 Å². The highest BCUT2D eigenvalue weighted by molar-refractivity contribution is 5.34. The van der Waals surface area contributed by atoms with Crippen LogP contribution in [-0.4, -0.2) is 6.18 Å². The van der Waals surface area contributed by atoms with Crippen molar-refractivity contribution in [3.05, 3.63) is 35.6 Å². The Balaban J connectivity index is 4.87. The van der Waals surface area contributed by atoms with Crippen molar-refractivity contribution >= 4 is 0 Å². The minimum Gasteiger partial charge on any atom is -0.404 e. The van der Waals surface area contributed by atoms with Gasteiger partial charge in [0, 0.05) is 6.20 Å². The molecule has 0 atom stereocenters. The SMILES string of the molecule is C=C(C)/C(C)=C\C(=C/N)C(F)(F)F. The third kappa shape index (κ3) is 3.83. The summed E-state index contributed by atoms with van der Waals surface area (Å²) in [6.07, 6.45) is -2.87. The van der Waals surface area contributed by atoms with E-state index in [2.05, 4.69) is 6.58 Å². The first kappa shape index (κ1) is 11.8. The molecular formula is C9H12F3N. The molecule has 0 aromatic rings. The Hall–Kier alpha value is -1.19. The van der Waals surface area contributed by atoms with Gasteiger partial charge in [0.05, 0.1) is 5.57 Å². The minimum atomic E-state index is -4.40. The molecule has 13 heavy (non-hydrogen) atoms. The van der Waals surface area contributed by atoms with Gasteiger partial charge in [0.15, 0.2) is 0 Å². The van der Waals surface area contributed by atoms with Crippen molar-refractivity contribution in [2.45, 2.75) is 20.0 Å². The van der Waals surface area contributed by atoms with Gasteiger partial charge in [-0.1, -0.05) is 12.2 Å². The van der Waals surface area contributed by atoms with Crippen LogP contribution in [0, 0.1) is 0 Å². The van der Waals surface area contributed by atoms with Gasteiger partial charge < -0.3 is 5.73 Å². The third-order valence-electron chi connectivity index (χ3n) is 1.55. The van der Waals surface area contributed by atoms with Crippen LogP contribution in [0.2, 0.25) is 0 Å². The maximum absolute atomic E-state index is 12.1. The largest absolute Gasteiger partial charge is 0.417 e. The van der Waals surface area contributed by atoms with Crippen LogP contribution in [0.4, 0.5) is 13.2 Å². The van der Waals surface area contributed by atoms with E-state index in [1.165, 1.54) is 0 Å². The average Bonchev–Trinajstić information content (AvgIpc) is 1.96. The molecule has 0 heterocycles. The fourth-order valence-corrected chi connectivity index (χ4v) is 0.581. The Kier molecular flexibility index (Phi) is 3.78. The number of hydrogen-bond donors (Lipinski definition) is 1. The minimum absolute atomic E-state index is 0.467. The molecule has 0 aliphatic carbocycles. The summed E-state index contributed by atoms with van der Waals surface area (Å²) >= 11 is 0. The molecular weight excluding hydrogens is 179 g/mol. The second kappa shape index (κ2) is 4.16. The quantitative estimate of drug-likeness (QED) is 0.667. The molecule has 0 aromatic carbocycles. The second-order valence-corrected chi connectivity index (χ2v) is 2.73. The number of nitrogens with two attached hydrogens (primary N) is 1. The van der Waals surface area contributed by atoms with Gasteiger partial charge in [0.1, 0.15) is 0 Å². The number of halogens is 3. The van der Waals surface area contributed by atoms with E-state index in [1.807, 2.05) is 0 Å². The van der Waals surface area contributed by atoms with Crippen molar-refractivity contribution in [2.75, 3.05) is 0 Å². The van der Waals surface area contributed by atoms with Crippen molar-refractivity contribution in [3.63, 3.8) is 0 Å². The van der Waals surface area contributed by atoms with E-state index < -0.39 is 11.7 Å². The third-order valence-corrected chi connectivity index (χ3v) is 1.55. The zero-order valence-corrected chi connectivity index (χ0v) is 7.57. The molecule has 0 radical (unpaired) electrons. The molecule has 0 amide bonds. The Morgan fingerprint density at radius 2 is 1.77 bits per heavy atom. The molecule has 74 valence electrons. The zero-order chi connectivity index (χ0) is 10.6. The predicted molar refractivity (Wildman–Crippen MR) is 46.9 cm³/mol. The lowest BCUT2D eigenvalue weighted by molar-refractivity contribution is -0.0884. The van der Waals surface area contributed by atoms with E-state index in [9.17, 15) is 13.2 Å². The molecule has 0 aliphatic rings. The van der Waals surface area contributed by atoms with E-state index in [1.54, 1.807) is 13.8 Å². The Labute approximate surface area is 75.4 Å². The highest BCUT2D eigenvalue weighted by Crippen LogP contribution is 2.27. The first-order valence-electron chi connectivity index (χ1n) is 3.62. The van der Waals surface area contributed by atoms with E-state index in [0.717, 1.165) is 6.08 Å². The molecule has 0 aromatic heterocycles. The smallest absolute Gasteiger partial charge is 0.404 e. The van der Waals surface area contributed by atoms with Gasteiger partial charge >= 0.3 is 6.18 Å². The van der Waals surface area contributed by atoms with Gasteiger partial charge in [0.2, 0.25) is 0 Å². The number of hydrogen-bond acceptors (Lipinski definition) is 1. The van der Waals surface area contributed by atoms with Crippen LogP contribution in [0.1, 0.15) is 13.8 Å². The molecule has 1 nitrogen and oxygen atoms in total. The molecule has 0 bridgehead atoms. The van der Waals surface area contributed by atoms with E-state index >= 15 is 0 Å². The molecule has 0 fully saturated rings. The van der Waals surface area contributed by atoms with Crippen LogP contribution in [0.15, 0.2) is 35.6 Å². The summed E-state index contributed by atoms with van der Waals surface area (Å²) < 4.78 is 36.4. The topological polar surface area (TPSA) is 26.0 Å². The first-order valence-corrected chi connectivity index (χ1v) is 3.62. The van der Waals surface area contributed by atoms with Crippen LogP contribution in [-0.2, 0) is 0 Å². The van der Waals surface area contributed by atoms with Gasteiger partial charge in [-0.15, -0.1) is 0 Å². The molecule has 0 rings (SSSR count). The van der Waals surface area contributed by atoms with Gasteiger partial charge in [0.25, 0.3) is 0 Å². The Bertz CT molecular complexity index is 259. The van der Waals surface area contributed by atoms with E-state index in [-0.39, 0.29) is 0 Å². The van der Waals surface area contributed by atoms with E-state index in [0.29, 0.717) is 17.3 Å². The Morgan fingerprint density at radius 1 is 1.31 bits per heavy atom. The molecule has 0 spiro atoms. The van der Waals surface area contributed by atoms with Crippen LogP contribution in [0.5, 0.6) is 0 Å². The van der Waals surface area contributed by atoms with Crippen LogP contribution < -0.4 is 5.73 Å². The van der Waals surface area contributed by atoms with Crippen molar-refractivity contribution in [1.29, 1.82) is 0 Å². The summed E-state index contributed by atoms with van der Waals surface area (Å²) in [5, 5.41) is 0. The van der Waals surface area contributed by atoms with E-state index in [4.69, 9.17) is 5.73 Å². The lowest BCUT2D eigenvalue weighted by Gasteiger charge is -2.08. The molecule has 0 unspecified atom stereocenters. The second-order valence-electron chi connectivity index (χ2n) is 2.73. The Morgan fingerprint density at radius 3 is 2.00 bits per heavy atom. The molecule has 2 N–H and O–H groups in total. The maximum atomic E-state index is 12.1. The lowest BCUT2D eigenvalue weighted by atomic mass is 10.1. The highest BCUT2D eigenvalue weighted by atomic mass is 19.4. The fraction of sp³-hybridized carbons (Fsp3) is 0.333. The van der Waals surface area contributed by atoms with Crippen molar-refractivity contribution in [2.24, 2.45) is 5.73 Å². The van der Waals surface area contributed by atoms with Crippen molar-refractivity contribution in [1.82, 2.24) is 0 Å².